The van der Waals surface area contributed by atoms with Crippen molar-refractivity contribution in [2.45, 2.75) is 65.3 Å². The summed E-state index contributed by atoms with van der Waals surface area (Å²) in [5.74, 6) is 0.817. The van der Waals surface area contributed by atoms with Crippen molar-refractivity contribution < 1.29 is 9.59 Å². The van der Waals surface area contributed by atoms with Gasteiger partial charge >= 0.3 is 0 Å². The van der Waals surface area contributed by atoms with Gasteiger partial charge in [-0.05, 0) is 50.9 Å². The SMILES string of the molecule is CC(C)CCNC(=O)c1nc(C(=O)N2CCCCC2)c2n1CCCC2. The summed E-state index contributed by atoms with van der Waals surface area (Å²) < 4.78 is 1.98. The van der Waals surface area contributed by atoms with E-state index in [-0.39, 0.29) is 11.8 Å². The lowest BCUT2D eigenvalue weighted by Gasteiger charge is -2.26. The van der Waals surface area contributed by atoms with Gasteiger partial charge in [0.15, 0.2) is 5.82 Å². The smallest absolute Gasteiger partial charge is 0.287 e. The normalized spacial score (nSPS) is 17.5. The highest BCUT2D eigenvalue weighted by atomic mass is 16.2. The maximum absolute atomic E-state index is 12.9. The van der Waals surface area contributed by atoms with Crippen LogP contribution in [-0.2, 0) is 13.0 Å². The topological polar surface area (TPSA) is 67.2 Å². The van der Waals surface area contributed by atoms with Crippen LogP contribution in [0.25, 0.3) is 0 Å². The molecule has 0 aliphatic carbocycles. The molecule has 1 N–H and O–H groups in total. The van der Waals surface area contributed by atoms with Crippen LogP contribution in [0.1, 0.15) is 79.2 Å². The number of hydrogen-bond acceptors (Lipinski definition) is 3. The molecule has 1 fully saturated rings. The van der Waals surface area contributed by atoms with E-state index in [2.05, 4.69) is 24.1 Å². The molecule has 1 aromatic heterocycles. The Kier molecular flexibility index (Phi) is 5.76. The number of fused-ring (bicyclic) bond motifs is 1. The molecule has 0 saturated carbocycles. The van der Waals surface area contributed by atoms with Gasteiger partial charge in [0.2, 0.25) is 0 Å². The fourth-order valence-electron chi connectivity index (χ4n) is 3.69. The number of hydrogen-bond donors (Lipinski definition) is 1. The van der Waals surface area contributed by atoms with Crippen molar-refractivity contribution in [2.24, 2.45) is 5.92 Å². The molecule has 0 unspecified atom stereocenters. The summed E-state index contributed by atoms with van der Waals surface area (Å²) >= 11 is 0. The average molecular weight is 346 g/mol. The summed E-state index contributed by atoms with van der Waals surface area (Å²) in [6.45, 7) is 7.32. The lowest BCUT2D eigenvalue weighted by Crippen LogP contribution is -2.36. The predicted molar refractivity (Wildman–Crippen MR) is 96.7 cm³/mol. The van der Waals surface area contributed by atoms with E-state index >= 15 is 0 Å². The van der Waals surface area contributed by atoms with E-state index in [0.29, 0.717) is 24.0 Å². The van der Waals surface area contributed by atoms with Crippen LogP contribution in [0.2, 0.25) is 0 Å². The van der Waals surface area contributed by atoms with Crippen molar-refractivity contribution in [1.29, 1.82) is 0 Å². The van der Waals surface area contributed by atoms with E-state index in [9.17, 15) is 9.59 Å². The molecular formula is C19H30N4O2. The van der Waals surface area contributed by atoms with Gasteiger partial charge in [0, 0.05) is 26.2 Å². The number of nitrogens with zero attached hydrogens (tertiary/aromatic N) is 3. The molecule has 2 aliphatic heterocycles. The molecule has 138 valence electrons. The second kappa shape index (κ2) is 8.02. The molecule has 0 bridgehead atoms. The molecule has 1 aromatic rings. The van der Waals surface area contributed by atoms with Crippen molar-refractivity contribution in [1.82, 2.24) is 19.8 Å². The molecule has 3 rings (SSSR count). The number of likely N-dealkylation sites (tertiary alicyclic amines) is 1. The number of carbonyl (C=O) groups excluding carboxylic acids is 2. The maximum Gasteiger partial charge on any atom is 0.287 e. The number of piperidine rings is 1. The highest BCUT2D eigenvalue weighted by Crippen LogP contribution is 2.23. The van der Waals surface area contributed by atoms with E-state index in [1.165, 1.54) is 6.42 Å². The minimum Gasteiger partial charge on any atom is -0.349 e. The van der Waals surface area contributed by atoms with Gasteiger partial charge in [-0.15, -0.1) is 0 Å². The zero-order valence-corrected chi connectivity index (χ0v) is 15.5. The van der Waals surface area contributed by atoms with E-state index in [1.807, 2.05) is 9.47 Å². The van der Waals surface area contributed by atoms with Crippen molar-refractivity contribution in [3.05, 3.63) is 17.2 Å². The van der Waals surface area contributed by atoms with Crippen LogP contribution in [0, 0.1) is 5.92 Å². The first-order valence-electron chi connectivity index (χ1n) is 9.75. The molecule has 6 nitrogen and oxygen atoms in total. The second-order valence-corrected chi connectivity index (χ2v) is 7.63. The Bertz CT molecular complexity index is 630. The van der Waals surface area contributed by atoms with E-state index < -0.39 is 0 Å². The number of nitrogens with one attached hydrogen (secondary N) is 1. The van der Waals surface area contributed by atoms with Crippen molar-refractivity contribution in [3.63, 3.8) is 0 Å². The summed E-state index contributed by atoms with van der Waals surface area (Å²) in [6.07, 6.45) is 7.18. The van der Waals surface area contributed by atoms with E-state index in [1.54, 1.807) is 0 Å². The fourth-order valence-corrected chi connectivity index (χ4v) is 3.69. The van der Waals surface area contributed by atoms with Gasteiger partial charge in [-0.2, -0.15) is 0 Å². The number of rotatable bonds is 5. The van der Waals surface area contributed by atoms with Crippen LogP contribution in [0.3, 0.4) is 0 Å². The zero-order valence-electron chi connectivity index (χ0n) is 15.5. The van der Waals surface area contributed by atoms with Gasteiger partial charge in [0.05, 0.1) is 5.69 Å². The minimum atomic E-state index is -0.151. The largest absolute Gasteiger partial charge is 0.349 e. The Balaban J connectivity index is 1.80. The summed E-state index contributed by atoms with van der Waals surface area (Å²) in [7, 11) is 0. The molecular weight excluding hydrogens is 316 g/mol. The number of amides is 2. The first-order valence-corrected chi connectivity index (χ1v) is 9.75. The third-order valence-corrected chi connectivity index (χ3v) is 5.17. The van der Waals surface area contributed by atoms with Crippen molar-refractivity contribution >= 4 is 11.8 Å². The molecule has 2 aliphatic rings. The number of carbonyl (C=O) groups is 2. The minimum absolute atomic E-state index is 0.00609. The molecule has 0 spiro atoms. The van der Waals surface area contributed by atoms with Crippen molar-refractivity contribution in [3.8, 4) is 0 Å². The summed E-state index contributed by atoms with van der Waals surface area (Å²) in [4.78, 5) is 31.9. The fraction of sp³-hybridized carbons (Fsp3) is 0.737. The van der Waals surface area contributed by atoms with Crippen LogP contribution in [-0.4, -0.2) is 45.9 Å². The average Bonchev–Trinajstić information content (AvgIpc) is 3.01. The van der Waals surface area contributed by atoms with Gasteiger partial charge in [-0.3, -0.25) is 9.59 Å². The molecule has 0 radical (unpaired) electrons. The van der Waals surface area contributed by atoms with Gasteiger partial charge in [0.25, 0.3) is 11.8 Å². The van der Waals surface area contributed by atoms with Crippen molar-refractivity contribution in [2.75, 3.05) is 19.6 Å². The molecule has 2 amide bonds. The highest BCUT2D eigenvalue weighted by molar-refractivity contribution is 5.97. The highest BCUT2D eigenvalue weighted by Gasteiger charge is 2.30. The van der Waals surface area contributed by atoms with Crippen LogP contribution in [0.4, 0.5) is 0 Å². The van der Waals surface area contributed by atoms with Crippen LogP contribution in [0.5, 0.6) is 0 Å². The second-order valence-electron chi connectivity index (χ2n) is 7.63. The first kappa shape index (κ1) is 18.0. The lowest BCUT2D eigenvalue weighted by molar-refractivity contribution is 0.0717. The third-order valence-electron chi connectivity index (χ3n) is 5.17. The Labute approximate surface area is 150 Å². The van der Waals surface area contributed by atoms with Crippen LogP contribution < -0.4 is 5.32 Å². The van der Waals surface area contributed by atoms with Gasteiger partial charge in [-0.25, -0.2) is 4.98 Å². The summed E-state index contributed by atoms with van der Waals surface area (Å²) in [5, 5.41) is 2.97. The maximum atomic E-state index is 12.9. The number of aromatic nitrogens is 2. The Morgan fingerprint density at radius 1 is 1.08 bits per heavy atom. The molecule has 0 aromatic carbocycles. The number of imidazole rings is 1. The Morgan fingerprint density at radius 3 is 2.52 bits per heavy atom. The molecule has 1 saturated heterocycles. The molecule has 6 heteroatoms. The zero-order chi connectivity index (χ0) is 17.8. The van der Waals surface area contributed by atoms with Crippen LogP contribution >= 0.6 is 0 Å². The van der Waals surface area contributed by atoms with Gasteiger partial charge in [0.1, 0.15) is 5.69 Å². The Morgan fingerprint density at radius 2 is 1.80 bits per heavy atom. The molecule has 25 heavy (non-hydrogen) atoms. The van der Waals surface area contributed by atoms with Crippen LogP contribution in [0.15, 0.2) is 0 Å². The third kappa shape index (κ3) is 4.05. The van der Waals surface area contributed by atoms with Gasteiger partial charge in [-0.1, -0.05) is 13.8 Å². The predicted octanol–water partition coefficient (Wildman–Crippen LogP) is 2.62. The van der Waals surface area contributed by atoms with E-state index in [4.69, 9.17) is 0 Å². The standard InChI is InChI=1S/C19H30N4O2/c1-14(2)9-10-20-18(24)17-21-16(15-8-4-7-13-23(15)17)19(25)22-11-5-3-6-12-22/h14H,3-13H2,1-2H3,(H,20,24). The van der Waals surface area contributed by atoms with E-state index in [0.717, 1.165) is 63.9 Å². The monoisotopic (exact) mass is 346 g/mol. The molecule has 3 heterocycles. The quantitative estimate of drug-likeness (QED) is 0.891. The van der Waals surface area contributed by atoms with Gasteiger partial charge < -0.3 is 14.8 Å². The summed E-state index contributed by atoms with van der Waals surface area (Å²) in [5.41, 5.74) is 1.46. The molecule has 0 atom stereocenters. The summed E-state index contributed by atoms with van der Waals surface area (Å²) in [6, 6.07) is 0. The first-order chi connectivity index (χ1) is 12.1. The Hall–Kier alpha value is -1.85. The lowest BCUT2D eigenvalue weighted by atomic mass is 10.1.